The number of nitrogens with one attached hydrogen (secondary N) is 1. The van der Waals surface area contributed by atoms with Crippen molar-refractivity contribution in [3.8, 4) is 5.75 Å². The maximum Gasteiger partial charge on any atom is 0.322 e. The number of rotatable bonds is 6. The molecule has 10 heteroatoms. The first-order valence-electron chi connectivity index (χ1n) is 7.74. The number of pyridine rings is 1. The van der Waals surface area contributed by atoms with Crippen molar-refractivity contribution in [3.05, 3.63) is 64.3 Å². The number of carbonyl (C=O) groups is 2. The summed E-state index contributed by atoms with van der Waals surface area (Å²) >= 11 is 0. The number of carboxylic acid groups (broad SMARTS) is 1. The Morgan fingerprint density at radius 2 is 1.96 bits per heavy atom. The van der Waals surface area contributed by atoms with Crippen LogP contribution in [0.25, 0.3) is 11.0 Å². The van der Waals surface area contributed by atoms with Crippen LogP contribution in [0.2, 0.25) is 0 Å². The van der Waals surface area contributed by atoms with Gasteiger partial charge in [-0.15, -0.1) is 4.73 Å². The molecule has 0 aliphatic heterocycles. The van der Waals surface area contributed by atoms with Crippen LogP contribution in [-0.2, 0) is 11.4 Å². The van der Waals surface area contributed by atoms with Gasteiger partial charge in [-0.1, -0.05) is 30.3 Å². The van der Waals surface area contributed by atoms with E-state index in [1.807, 2.05) is 11.4 Å². The third-order valence-corrected chi connectivity index (χ3v) is 3.60. The van der Waals surface area contributed by atoms with Gasteiger partial charge in [0.05, 0.1) is 5.39 Å². The quantitative estimate of drug-likeness (QED) is 0.547. The minimum atomic E-state index is -1.30. The average Bonchev–Trinajstić information content (AvgIpc) is 2.67. The Hall–Kier alpha value is -3.95. The number of carbonyl (C=O) groups excluding carboxylic acids is 1. The number of carboxylic acids is 1. The highest BCUT2D eigenvalue weighted by Crippen LogP contribution is 2.23. The summed E-state index contributed by atoms with van der Waals surface area (Å²) in [6.07, 6.45) is 2.38. The van der Waals surface area contributed by atoms with Crippen molar-refractivity contribution in [1.82, 2.24) is 20.0 Å². The summed E-state index contributed by atoms with van der Waals surface area (Å²) in [6.45, 7) is -0.716. The molecule has 27 heavy (non-hydrogen) atoms. The number of nitrogens with zero attached hydrogens (tertiary/aromatic N) is 3. The van der Waals surface area contributed by atoms with Crippen LogP contribution < -0.4 is 15.7 Å². The normalized spacial score (nSPS) is 10.5. The molecular formula is C17H14N4O6. The average molecular weight is 370 g/mol. The summed E-state index contributed by atoms with van der Waals surface area (Å²) < 4.78 is 0.777. The van der Waals surface area contributed by atoms with E-state index >= 15 is 0 Å². The molecule has 3 N–H and O–H groups in total. The van der Waals surface area contributed by atoms with Crippen molar-refractivity contribution in [2.45, 2.75) is 6.61 Å². The van der Waals surface area contributed by atoms with Crippen LogP contribution >= 0.6 is 0 Å². The standard InChI is InChI=1S/C17H14N4O6/c22-12(23)7-19-16(25)13-14(24)11-6-18-9-20-15(11)21(17(13)26)27-8-10-4-2-1-3-5-10/h1-6,9,24H,7-8H2,(H,19,25)(H,22,23). The summed E-state index contributed by atoms with van der Waals surface area (Å²) in [6, 6.07) is 8.97. The first-order valence-corrected chi connectivity index (χ1v) is 7.74. The number of fused-ring (bicyclic) bond motifs is 1. The van der Waals surface area contributed by atoms with Crippen LogP contribution in [0.5, 0.6) is 5.75 Å². The lowest BCUT2D eigenvalue weighted by atomic mass is 10.2. The van der Waals surface area contributed by atoms with Crippen molar-refractivity contribution < 1.29 is 24.6 Å². The van der Waals surface area contributed by atoms with E-state index in [0.29, 0.717) is 0 Å². The summed E-state index contributed by atoms with van der Waals surface area (Å²) in [4.78, 5) is 48.8. The highest BCUT2D eigenvalue weighted by atomic mass is 16.7. The fraction of sp³-hybridized carbons (Fsp3) is 0.118. The van der Waals surface area contributed by atoms with E-state index in [2.05, 4.69) is 9.97 Å². The van der Waals surface area contributed by atoms with Gasteiger partial charge >= 0.3 is 11.5 Å². The van der Waals surface area contributed by atoms with Crippen LogP contribution in [-0.4, -0.2) is 43.3 Å². The fourth-order valence-corrected chi connectivity index (χ4v) is 2.37. The molecule has 3 rings (SSSR count). The molecule has 0 bridgehead atoms. The van der Waals surface area contributed by atoms with Crippen LogP contribution in [0.1, 0.15) is 15.9 Å². The van der Waals surface area contributed by atoms with Crippen LogP contribution in [0.3, 0.4) is 0 Å². The van der Waals surface area contributed by atoms with Gasteiger partial charge in [0, 0.05) is 6.20 Å². The summed E-state index contributed by atoms with van der Waals surface area (Å²) in [7, 11) is 0. The zero-order valence-electron chi connectivity index (χ0n) is 13.8. The first-order chi connectivity index (χ1) is 13.0. The van der Waals surface area contributed by atoms with Gasteiger partial charge in [0.2, 0.25) is 0 Å². The fourth-order valence-electron chi connectivity index (χ4n) is 2.37. The van der Waals surface area contributed by atoms with E-state index in [-0.39, 0.29) is 17.6 Å². The Morgan fingerprint density at radius 3 is 2.67 bits per heavy atom. The predicted molar refractivity (Wildman–Crippen MR) is 92.2 cm³/mol. The van der Waals surface area contributed by atoms with Crippen LogP contribution in [0, 0.1) is 0 Å². The molecule has 0 saturated carbocycles. The van der Waals surface area contributed by atoms with Gasteiger partial charge in [-0.2, -0.15) is 0 Å². The lowest BCUT2D eigenvalue weighted by Gasteiger charge is -2.14. The molecule has 1 aromatic carbocycles. The van der Waals surface area contributed by atoms with Crippen LogP contribution in [0.15, 0.2) is 47.7 Å². The second-order valence-electron chi connectivity index (χ2n) is 5.42. The van der Waals surface area contributed by atoms with Gasteiger partial charge in [-0.25, -0.2) is 9.97 Å². The molecule has 0 spiro atoms. The van der Waals surface area contributed by atoms with Gasteiger partial charge in [-0.05, 0) is 5.56 Å². The molecule has 138 valence electrons. The molecule has 2 heterocycles. The monoisotopic (exact) mass is 370 g/mol. The van der Waals surface area contributed by atoms with Crippen molar-refractivity contribution in [1.29, 1.82) is 0 Å². The summed E-state index contributed by atoms with van der Waals surface area (Å²) in [5.41, 5.74) is -0.904. The number of amides is 1. The maximum absolute atomic E-state index is 12.7. The molecule has 0 fully saturated rings. The number of hydrogen-bond acceptors (Lipinski definition) is 7. The molecule has 3 aromatic rings. The van der Waals surface area contributed by atoms with Crippen molar-refractivity contribution in [3.63, 3.8) is 0 Å². The number of aromatic hydroxyl groups is 1. The van der Waals surface area contributed by atoms with Gasteiger partial charge < -0.3 is 20.4 Å². The predicted octanol–water partition coefficient (Wildman–Crippen LogP) is -0.0597. The number of benzene rings is 1. The molecule has 0 atom stereocenters. The van der Waals surface area contributed by atoms with E-state index in [0.717, 1.165) is 16.6 Å². The SMILES string of the molecule is O=C(O)CNC(=O)c1c(O)c2cncnc2n(OCc2ccccc2)c1=O. The Kier molecular flexibility index (Phi) is 4.97. The number of hydrogen-bond donors (Lipinski definition) is 3. The molecule has 0 saturated heterocycles. The summed E-state index contributed by atoms with van der Waals surface area (Å²) in [5, 5.41) is 21.0. The van der Waals surface area contributed by atoms with Gasteiger partial charge in [0.15, 0.2) is 11.2 Å². The van der Waals surface area contributed by atoms with Gasteiger partial charge in [0.1, 0.15) is 25.2 Å². The molecule has 0 aliphatic rings. The number of aliphatic carboxylic acids is 1. The van der Waals surface area contributed by atoms with Gasteiger partial charge in [0.25, 0.3) is 5.91 Å². The smallest absolute Gasteiger partial charge is 0.322 e. The lowest BCUT2D eigenvalue weighted by molar-refractivity contribution is -0.135. The Labute approximate surface area is 151 Å². The molecular weight excluding hydrogens is 356 g/mol. The van der Waals surface area contributed by atoms with Crippen LogP contribution in [0.4, 0.5) is 0 Å². The molecule has 2 aromatic heterocycles. The topological polar surface area (TPSA) is 144 Å². The van der Waals surface area contributed by atoms with Crippen molar-refractivity contribution in [2.75, 3.05) is 6.54 Å². The van der Waals surface area contributed by atoms with Crippen molar-refractivity contribution in [2.24, 2.45) is 0 Å². The molecule has 0 radical (unpaired) electrons. The maximum atomic E-state index is 12.7. The minimum Gasteiger partial charge on any atom is -0.506 e. The van der Waals surface area contributed by atoms with E-state index in [4.69, 9.17) is 9.94 Å². The summed E-state index contributed by atoms with van der Waals surface area (Å²) in [5.74, 6) is -3.01. The Bertz CT molecular complexity index is 1060. The second-order valence-corrected chi connectivity index (χ2v) is 5.42. The highest BCUT2D eigenvalue weighted by Gasteiger charge is 2.24. The molecule has 1 amide bonds. The zero-order valence-corrected chi connectivity index (χ0v) is 13.8. The number of aromatic nitrogens is 3. The molecule has 0 unspecified atom stereocenters. The van der Waals surface area contributed by atoms with E-state index in [1.165, 1.54) is 6.20 Å². The van der Waals surface area contributed by atoms with Gasteiger partial charge in [-0.3, -0.25) is 14.4 Å². The largest absolute Gasteiger partial charge is 0.506 e. The highest BCUT2D eigenvalue weighted by molar-refractivity contribution is 6.02. The zero-order chi connectivity index (χ0) is 19.4. The minimum absolute atomic E-state index is 0.000803. The van der Waals surface area contributed by atoms with Crippen molar-refractivity contribution >= 4 is 22.9 Å². The van der Waals surface area contributed by atoms with E-state index in [1.54, 1.807) is 24.3 Å². The van der Waals surface area contributed by atoms with E-state index in [9.17, 15) is 19.5 Å². The Balaban J connectivity index is 2.07. The lowest BCUT2D eigenvalue weighted by Crippen LogP contribution is -2.37. The second kappa shape index (κ2) is 7.52. The third-order valence-electron chi connectivity index (χ3n) is 3.60. The molecule has 10 nitrogen and oxygen atoms in total. The Morgan fingerprint density at radius 1 is 1.22 bits per heavy atom. The third kappa shape index (κ3) is 3.68. The first kappa shape index (κ1) is 17.9. The molecule has 0 aliphatic carbocycles. The van der Waals surface area contributed by atoms with E-state index < -0.39 is 35.3 Å².